The van der Waals surface area contributed by atoms with E-state index in [0.29, 0.717) is 0 Å². The van der Waals surface area contributed by atoms with Gasteiger partial charge in [0.15, 0.2) is 0 Å². The van der Waals surface area contributed by atoms with E-state index in [4.69, 9.17) is 5.11 Å². The molecule has 0 bridgehead atoms. The highest BCUT2D eigenvalue weighted by Gasteiger charge is 2.36. The molecule has 0 aromatic heterocycles. The number of hydrogen-bond donors (Lipinski definition) is 2. The summed E-state index contributed by atoms with van der Waals surface area (Å²) in [6.45, 7) is 5.54. The Kier molecular flexibility index (Phi) is 6.82. The molecule has 0 spiro atoms. The number of aliphatic carboxylic acids is 1. The lowest BCUT2D eigenvalue weighted by Gasteiger charge is -2.38. The van der Waals surface area contributed by atoms with E-state index in [1.165, 1.54) is 0 Å². The molecular formula is C15H28N2O3. The number of hydrogen-bond acceptors (Lipinski definition) is 2. The normalized spacial score (nSPS) is 17.5. The van der Waals surface area contributed by atoms with Crippen LogP contribution in [0.1, 0.15) is 65.2 Å². The second kappa shape index (κ2) is 8.12. The molecule has 0 radical (unpaired) electrons. The average molecular weight is 284 g/mol. The van der Waals surface area contributed by atoms with Crippen molar-refractivity contribution in [2.24, 2.45) is 0 Å². The molecule has 1 aliphatic carbocycles. The van der Waals surface area contributed by atoms with Gasteiger partial charge in [-0.15, -0.1) is 0 Å². The average Bonchev–Trinajstić information content (AvgIpc) is 2.38. The van der Waals surface area contributed by atoms with Crippen molar-refractivity contribution in [1.82, 2.24) is 10.2 Å². The zero-order chi connectivity index (χ0) is 15.0. The van der Waals surface area contributed by atoms with E-state index in [9.17, 15) is 9.59 Å². The maximum atomic E-state index is 12.4. The molecule has 0 atom stereocenters. The van der Waals surface area contributed by atoms with Crippen molar-refractivity contribution in [2.45, 2.75) is 70.8 Å². The van der Waals surface area contributed by atoms with Crippen molar-refractivity contribution < 1.29 is 14.7 Å². The number of urea groups is 1. The molecule has 116 valence electrons. The van der Waals surface area contributed by atoms with Gasteiger partial charge in [0.25, 0.3) is 0 Å². The molecule has 2 amide bonds. The second-order valence-electron chi connectivity index (χ2n) is 5.83. The number of carbonyl (C=O) groups excluding carboxylic acids is 1. The summed E-state index contributed by atoms with van der Waals surface area (Å²) in [4.78, 5) is 25.3. The van der Waals surface area contributed by atoms with Crippen LogP contribution >= 0.6 is 0 Å². The summed E-state index contributed by atoms with van der Waals surface area (Å²) in [6.07, 6.45) is 6.53. The maximum Gasteiger partial charge on any atom is 0.317 e. The molecule has 1 rings (SSSR count). The first kappa shape index (κ1) is 16.8. The minimum Gasteiger partial charge on any atom is -0.481 e. The second-order valence-corrected chi connectivity index (χ2v) is 5.83. The van der Waals surface area contributed by atoms with Crippen molar-refractivity contribution in [3.63, 3.8) is 0 Å². The van der Waals surface area contributed by atoms with Gasteiger partial charge < -0.3 is 15.3 Å². The van der Waals surface area contributed by atoms with Gasteiger partial charge in [0.2, 0.25) is 0 Å². The number of nitrogens with one attached hydrogen (secondary N) is 1. The standard InChI is InChI=1S/C15H28N2O3/c1-3-10-17(11-4-2)14(20)16-15(12-13(18)19)8-6-5-7-9-15/h3-12H2,1-2H3,(H,16,20)(H,18,19). The van der Waals surface area contributed by atoms with E-state index in [1.54, 1.807) is 4.90 Å². The monoisotopic (exact) mass is 284 g/mol. The van der Waals surface area contributed by atoms with Gasteiger partial charge >= 0.3 is 12.0 Å². The summed E-state index contributed by atoms with van der Waals surface area (Å²) in [6, 6.07) is -0.100. The van der Waals surface area contributed by atoms with E-state index < -0.39 is 11.5 Å². The molecule has 0 aliphatic heterocycles. The summed E-state index contributed by atoms with van der Waals surface area (Å²) < 4.78 is 0. The summed E-state index contributed by atoms with van der Waals surface area (Å²) in [5.41, 5.74) is -0.541. The number of amides is 2. The van der Waals surface area contributed by atoms with Crippen LogP contribution in [-0.4, -0.2) is 40.6 Å². The van der Waals surface area contributed by atoms with Crippen LogP contribution < -0.4 is 5.32 Å². The van der Waals surface area contributed by atoms with E-state index in [2.05, 4.69) is 5.32 Å². The first-order valence-electron chi connectivity index (χ1n) is 7.82. The molecule has 5 nitrogen and oxygen atoms in total. The zero-order valence-corrected chi connectivity index (χ0v) is 12.8. The van der Waals surface area contributed by atoms with Crippen molar-refractivity contribution in [3.05, 3.63) is 0 Å². The van der Waals surface area contributed by atoms with Gasteiger partial charge in [-0.3, -0.25) is 4.79 Å². The van der Waals surface area contributed by atoms with Gasteiger partial charge in [-0.25, -0.2) is 4.79 Å². The van der Waals surface area contributed by atoms with Crippen LogP contribution in [-0.2, 0) is 4.79 Å². The molecule has 1 saturated carbocycles. The van der Waals surface area contributed by atoms with Gasteiger partial charge in [-0.1, -0.05) is 33.1 Å². The van der Waals surface area contributed by atoms with E-state index in [0.717, 1.165) is 58.0 Å². The number of nitrogens with zero attached hydrogens (tertiary/aromatic N) is 1. The Labute approximate surface area is 121 Å². The fourth-order valence-electron chi connectivity index (χ4n) is 3.02. The van der Waals surface area contributed by atoms with Gasteiger partial charge in [0.1, 0.15) is 0 Å². The minimum atomic E-state index is -0.829. The molecule has 0 unspecified atom stereocenters. The highest BCUT2D eigenvalue weighted by molar-refractivity contribution is 5.77. The van der Waals surface area contributed by atoms with Crippen molar-refractivity contribution in [2.75, 3.05) is 13.1 Å². The number of carbonyl (C=O) groups is 2. The van der Waals surface area contributed by atoms with E-state index >= 15 is 0 Å². The Hall–Kier alpha value is -1.26. The Morgan fingerprint density at radius 2 is 1.65 bits per heavy atom. The summed E-state index contributed by atoms with van der Waals surface area (Å²) >= 11 is 0. The van der Waals surface area contributed by atoms with Gasteiger partial charge in [-0.2, -0.15) is 0 Å². The van der Waals surface area contributed by atoms with Gasteiger partial charge in [-0.05, 0) is 25.7 Å². The Bertz CT molecular complexity index is 319. The fourth-order valence-corrected chi connectivity index (χ4v) is 3.02. The van der Waals surface area contributed by atoms with Crippen molar-refractivity contribution >= 4 is 12.0 Å². The molecule has 0 heterocycles. The first-order valence-corrected chi connectivity index (χ1v) is 7.82. The van der Waals surface area contributed by atoms with Crippen molar-refractivity contribution in [3.8, 4) is 0 Å². The number of rotatable bonds is 7. The number of carboxylic acids is 1. The summed E-state index contributed by atoms with van der Waals surface area (Å²) in [5, 5.41) is 12.2. The molecule has 20 heavy (non-hydrogen) atoms. The molecule has 1 aliphatic rings. The Morgan fingerprint density at radius 1 is 1.10 bits per heavy atom. The minimum absolute atomic E-state index is 0.0326. The Balaban J connectivity index is 2.71. The quantitative estimate of drug-likeness (QED) is 0.755. The van der Waals surface area contributed by atoms with Gasteiger partial charge in [0, 0.05) is 13.1 Å². The van der Waals surface area contributed by atoms with E-state index in [1.807, 2.05) is 13.8 Å². The highest BCUT2D eigenvalue weighted by atomic mass is 16.4. The third-order valence-corrected chi connectivity index (χ3v) is 3.95. The lowest BCUT2D eigenvalue weighted by Crippen LogP contribution is -2.55. The third-order valence-electron chi connectivity index (χ3n) is 3.95. The lowest BCUT2D eigenvalue weighted by molar-refractivity contribution is -0.139. The van der Waals surface area contributed by atoms with Crippen LogP contribution in [0.4, 0.5) is 4.79 Å². The summed E-state index contributed by atoms with van der Waals surface area (Å²) in [7, 11) is 0. The van der Waals surface area contributed by atoms with Crippen LogP contribution in [0.5, 0.6) is 0 Å². The predicted octanol–water partition coefficient (Wildman–Crippen LogP) is 3.00. The molecule has 5 heteroatoms. The Morgan fingerprint density at radius 3 is 2.10 bits per heavy atom. The van der Waals surface area contributed by atoms with E-state index in [-0.39, 0.29) is 12.5 Å². The molecule has 0 saturated heterocycles. The molecule has 0 aromatic rings. The largest absolute Gasteiger partial charge is 0.481 e. The maximum absolute atomic E-state index is 12.4. The highest BCUT2D eigenvalue weighted by Crippen LogP contribution is 2.31. The van der Waals surface area contributed by atoms with Crippen molar-refractivity contribution in [1.29, 1.82) is 0 Å². The van der Waals surface area contributed by atoms with Crippen LogP contribution in [0.25, 0.3) is 0 Å². The molecular weight excluding hydrogens is 256 g/mol. The van der Waals surface area contributed by atoms with Crippen LogP contribution in [0.3, 0.4) is 0 Å². The molecule has 1 fully saturated rings. The van der Waals surface area contributed by atoms with Crippen LogP contribution in [0.2, 0.25) is 0 Å². The molecule has 2 N–H and O–H groups in total. The topological polar surface area (TPSA) is 69.6 Å². The lowest BCUT2D eigenvalue weighted by atomic mass is 9.79. The molecule has 0 aromatic carbocycles. The fraction of sp³-hybridized carbons (Fsp3) is 0.867. The zero-order valence-electron chi connectivity index (χ0n) is 12.8. The first-order chi connectivity index (χ1) is 9.53. The predicted molar refractivity (Wildman–Crippen MR) is 78.8 cm³/mol. The SMILES string of the molecule is CCCN(CCC)C(=O)NC1(CC(=O)O)CCCCC1. The smallest absolute Gasteiger partial charge is 0.317 e. The van der Waals surface area contributed by atoms with Crippen LogP contribution in [0.15, 0.2) is 0 Å². The third kappa shape index (κ3) is 5.02. The number of carboxylic acid groups (broad SMARTS) is 1. The van der Waals surface area contributed by atoms with Crippen LogP contribution in [0, 0.1) is 0 Å². The summed E-state index contributed by atoms with van der Waals surface area (Å²) in [5.74, 6) is -0.829. The van der Waals surface area contributed by atoms with Gasteiger partial charge in [0.05, 0.1) is 12.0 Å².